The normalized spacial score (nSPS) is 22.8. The van der Waals surface area contributed by atoms with Crippen LogP contribution < -0.4 is 14.8 Å². The molecule has 0 radical (unpaired) electrons. The van der Waals surface area contributed by atoms with Gasteiger partial charge in [0.25, 0.3) is 0 Å². The number of anilines is 2. The second-order valence-electron chi connectivity index (χ2n) is 7.48. The molecule has 2 saturated heterocycles. The van der Waals surface area contributed by atoms with Gasteiger partial charge in [-0.2, -0.15) is 0 Å². The Morgan fingerprint density at radius 1 is 1.13 bits per heavy atom. The predicted molar refractivity (Wildman–Crippen MR) is 114 cm³/mol. The van der Waals surface area contributed by atoms with E-state index in [0.717, 1.165) is 28.6 Å². The Morgan fingerprint density at radius 3 is 2.87 bits per heavy atom. The van der Waals surface area contributed by atoms with Gasteiger partial charge in [-0.1, -0.05) is 11.6 Å². The number of nitrogens with zero attached hydrogens (tertiary/aromatic N) is 2. The smallest absolute Gasteiger partial charge is 0.164 e. The maximum absolute atomic E-state index is 6.24. The minimum atomic E-state index is -0.167. The molecule has 0 spiro atoms. The van der Waals surface area contributed by atoms with Crippen molar-refractivity contribution in [3.63, 3.8) is 0 Å². The molecule has 0 saturated carbocycles. The number of ether oxygens (including phenoxy) is 4. The molecule has 1 N–H and O–H groups in total. The molecule has 1 aromatic heterocycles. The lowest BCUT2D eigenvalue weighted by atomic mass is 10.1. The summed E-state index contributed by atoms with van der Waals surface area (Å²) in [5.41, 5.74) is 2.69. The summed E-state index contributed by atoms with van der Waals surface area (Å²) < 4.78 is 23.4. The van der Waals surface area contributed by atoms with E-state index >= 15 is 0 Å². The van der Waals surface area contributed by atoms with E-state index in [9.17, 15) is 0 Å². The van der Waals surface area contributed by atoms with Crippen molar-refractivity contribution < 1.29 is 18.9 Å². The molecular weight excluding hydrogens is 406 g/mol. The lowest BCUT2D eigenvalue weighted by Gasteiger charge is -2.20. The van der Waals surface area contributed by atoms with E-state index in [4.69, 9.17) is 30.5 Å². The van der Waals surface area contributed by atoms with Gasteiger partial charge in [-0.05, 0) is 43.2 Å². The highest BCUT2D eigenvalue weighted by atomic mass is 35.5. The van der Waals surface area contributed by atoms with Crippen LogP contribution in [-0.4, -0.2) is 48.6 Å². The zero-order chi connectivity index (χ0) is 20.7. The van der Waals surface area contributed by atoms with Crippen molar-refractivity contribution >= 4 is 34.0 Å². The number of aryl methyl sites for hydroxylation is 1. The van der Waals surface area contributed by atoms with Crippen LogP contribution in [0.2, 0.25) is 5.02 Å². The van der Waals surface area contributed by atoms with Crippen LogP contribution in [0.1, 0.15) is 12.0 Å². The van der Waals surface area contributed by atoms with Gasteiger partial charge in [-0.15, -0.1) is 0 Å². The van der Waals surface area contributed by atoms with Crippen LogP contribution in [0.15, 0.2) is 36.7 Å². The molecule has 3 aromatic rings. The number of rotatable bonds is 5. The van der Waals surface area contributed by atoms with Crippen LogP contribution in [0.5, 0.6) is 11.5 Å². The Kier molecular flexibility index (Phi) is 5.10. The fourth-order valence-electron chi connectivity index (χ4n) is 4.00. The highest BCUT2D eigenvalue weighted by Crippen LogP contribution is 2.38. The molecule has 7 nitrogen and oxygen atoms in total. The van der Waals surface area contributed by atoms with E-state index in [0.29, 0.717) is 35.6 Å². The van der Waals surface area contributed by atoms with E-state index in [1.807, 2.05) is 37.3 Å². The second kappa shape index (κ2) is 7.91. The van der Waals surface area contributed by atoms with Gasteiger partial charge in [-0.25, -0.2) is 9.97 Å². The highest BCUT2D eigenvalue weighted by Gasteiger charge is 2.43. The number of hydrogen-bond acceptors (Lipinski definition) is 7. The zero-order valence-corrected chi connectivity index (χ0v) is 17.5. The van der Waals surface area contributed by atoms with E-state index < -0.39 is 0 Å². The average Bonchev–Trinajstić information content (AvgIpc) is 3.35. The third-order valence-electron chi connectivity index (χ3n) is 5.56. The third kappa shape index (κ3) is 3.53. The lowest BCUT2D eigenvalue weighted by Crippen LogP contribution is -2.32. The lowest BCUT2D eigenvalue weighted by molar-refractivity contribution is 0.0298. The largest absolute Gasteiger partial charge is 0.493 e. The maximum Gasteiger partial charge on any atom is 0.164 e. The van der Waals surface area contributed by atoms with E-state index in [1.165, 1.54) is 6.33 Å². The molecule has 3 heterocycles. The van der Waals surface area contributed by atoms with E-state index in [1.54, 1.807) is 7.11 Å². The average molecular weight is 428 g/mol. The van der Waals surface area contributed by atoms with Crippen LogP contribution in [0.3, 0.4) is 0 Å². The molecular formula is C22H22ClN3O4. The molecule has 2 fully saturated rings. The molecule has 0 aliphatic carbocycles. The van der Waals surface area contributed by atoms with Crippen molar-refractivity contribution in [2.45, 2.75) is 31.7 Å². The SMILES string of the molecule is COc1cc2c(Nc3ccc(Cl)cc3C)ncnc2cc1OC1COC2CCOC21. The van der Waals surface area contributed by atoms with Crippen LogP contribution in [0.4, 0.5) is 11.5 Å². The Hall–Kier alpha value is -2.61. The van der Waals surface area contributed by atoms with Crippen LogP contribution in [0.25, 0.3) is 10.9 Å². The van der Waals surface area contributed by atoms with Gasteiger partial charge < -0.3 is 24.3 Å². The van der Waals surface area contributed by atoms with Crippen LogP contribution in [-0.2, 0) is 9.47 Å². The monoisotopic (exact) mass is 427 g/mol. The van der Waals surface area contributed by atoms with Gasteiger partial charge in [0, 0.05) is 28.8 Å². The summed E-state index contributed by atoms with van der Waals surface area (Å²) in [6.45, 7) is 3.20. The first-order valence-electron chi connectivity index (χ1n) is 9.88. The highest BCUT2D eigenvalue weighted by molar-refractivity contribution is 6.30. The maximum atomic E-state index is 6.24. The van der Waals surface area contributed by atoms with Gasteiger partial charge in [0.2, 0.25) is 0 Å². The van der Waals surface area contributed by atoms with Crippen molar-refractivity contribution in [2.75, 3.05) is 25.6 Å². The van der Waals surface area contributed by atoms with E-state index in [2.05, 4.69) is 15.3 Å². The second-order valence-corrected chi connectivity index (χ2v) is 7.92. The Balaban J connectivity index is 1.48. The van der Waals surface area contributed by atoms with Crippen molar-refractivity contribution in [1.82, 2.24) is 9.97 Å². The molecule has 2 aromatic carbocycles. The number of aromatic nitrogens is 2. The molecule has 3 unspecified atom stereocenters. The van der Waals surface area contributed by atoms with Crippen LogP contribution in [0, 0.1) is 6.92 Å². The zero-order valence-electron chi connectivity index (χ0n) is 16.7. The van der Waals surface area contributed by atoms with Crippen molar-refractivity contribution in [3.05, 3.63) is 47.2 Å². The summed E-state index contributed by atoms with van der Waals surface area (Å²) in [6.07, 6.45) is 2.34. The number of nitrogens with one attached hydrogen (secondary N) is 1. The van der Waals surface area contributed by atoms with E-state index in [-0.39, 0.29) is 18.3 Å². The molecule has 5 rings (SSSR count). The van der Waals surface area contributed by atoms with Crippen molar-refractivity contribution in [1.29, 1.82) is 0 Å². The minimum absolute atomic E-state index is 0.0408. The van der Waals surface area contributed by atoms with Crippen molar-refractivity contribution in [3.8, 4) is 11.5 Å². The molecule has 2 aliphatic rings. The Morgan fingerprint density at radius 2 is 2.03 bits per heavy atom. The van der Waals surface area contributed by atoms with Gasteiger partial charge in [0.05, 0.1) is 25.3 Å². The summed E-state index contributed by atoms with van der Waals surface area (Å²) in [4.78, 5) is 8.85. The Bertz CT molecular complexity index is 1090. The third-order valence-corrected chi connectivity index (χ3v) is 5.80. The van der Waals surface area contributed by atoms with Gasteiger partial charge in [-0.3, -0.25) is 0 Å². The standard InChI is InChI=1S/C22H22ClN3O4/c1-12-7-13(23)3-4-15(12)26-22-14-8-18(27-2)19(9-16(14)24-11-25-22)30-20-10-29-17-5-6-28-21(17)20/h3-4,7-9,11,17,20-21H,5-6,10H2,1-2H3,(H,24,25,26). The molecule has 2 aliphatic heterocycles. The fourth-order valence-corrected chi connectivity index (χ4v) is 4.23. The minimum Gasteiger partial charge on any atom is -0.493 e. The summed E-state index contributed by atoms with van der Waals surface area (Å²) in [5.74, 6) is 1.90. The summed E-state index contributed by atoms with van der Waals surface area (Å²) >= 11 is 6.07. The molecule has 30 heavy (non-hydrogen) atoms. The molecule has 3 atom stereocenters. The fraction of sp³-hybridized carbons (Fsp3) is 0.364. The number of benzene rings is 2. The Labute approximate surface area is 179 Å². The van der Waals surface area contributed by atoms with Gasteiger partial charge in [0.1, 0.15) is 18.2 Å². The van der Waals surface area contributed by atoms with Gasteiger partial charge >= 0.3 is 0 Å². The summed E-state index contributed by atoms with van der Waals surface area (Å²) in [7, 11) is 1.62. The summed E-state index contributed by atoms with van der Waals surface area (Å²) in [6, 6.07) is 9.44. The van der Waals surface area contributed by atoms with Crippen LogP contribution >= 0.6 is 11.6 Å². The number of hydrogen-bond donors (Lipinski definition) is 1. The number of halogens is 1. The first-order valence-corrected chi connectivity index (χ1v) is 10.3. The molecule has 156 valence electrons. The first kappa shape index (κ1) is 19.4. The molecule has 0 bridgehead atoms. The van der Waals surface area contributed by atoms with Crippen molar-refractivity contribution in [2.24, 2.45) is 0 Å². The molecule has 8 heteroatoms. The first-order chi connectivity index (χ1) is 14.6. The van der Waals surface area contributed by atoms with Gasteiger partial charge in [0.15, 0.2) is 17.6 Å². The topological polar surface area (TPSA) is 74.7 Å². The summed E-state index contributed by atoms with van der Waals surface area (Å²) in [5, 5.41) is 4.89. The quantitative estimate of drug-likeness (QED) is 0.651. The number of methoxy groups -OCH3 is 1. The predicted octanol–water partition coefficient (Wildman–Crippen LogP) is 4.28. The number of fused-ring (bicyclic) bond motifs is 2. The molecule has 0 amide bonds.